The number of carbonyl (C=O) groups excluding carboxylic acids is 1. The molecular weight excluding hydrogens is 388 g/mol. The van der Waals surface area contributed by atoms with Crippen molar-refractivity contribution >= 4 is 38.7 Å². The standard InChI is InChI=1S/C20H18N6O2S/c27-18(23-15-11-22-6-5-16(15)26-9-7-21-8-10-26)20-25-24-19(28-20)14-12-29-17-4-2-1-3-13(14)17/h1-6,11-12,21H,7-10H2,(H,23,27). The van der Waals surface area contributed by atoms with E-state index in [0.717, 1.165) is 47.5 Å². The molecular formula is C20H18N6O2S. The van der Waals surface area contributed by atoms with Gasteiger partial charge in [-0.15, -0.1) is 21.5 Å². The summed E-state index contributed by atoms with van der Waals surface area (Å²) in [7, 11) is 0. The molecule has 1 aromatic carbocycles. The Morgan fingerprint density at radius 3 is 2.93 bits per heavy atom. The zero-order valence-corrected chi connectivity index (χ0v) is 16.3. The van der Waals surface area contributed by atoms with E-state index >= 15 is 0 Å². The first-order chi connectivity index (χ1) is 14.3. The number of hydrogen-bond donors (Lipinski definition) is 2. The molecule has 0 bridgehead atoms. The van der Waals surface area contributed by atoms with Gasteiger partial charge in [-0.1, -0.05) is 18.2 Å². The van der Waals surface area contributed by atoms with Crippen LogP contribution in [0, 0.1) is 0 Å². The molecule has 4 heterocycles. The summed E-state index contributed by atoms with van der Waals surface area (Å²) in [5, 5.41) is 17.2. The summed E-state index contributed by atoms with van der Waals surface area (Å²) in [4.78, 5) is 19.1. The minimum Gasteiger partial charge on any atom is -0.412 e. The molecule has 146 valence electrons. The SMILES string of the molecule is O=C(Nc1cnccc1N1CCNCC1)c1nnc(-c2csc3ccccc23)o1. The van der Waals surface area contributed by atoms with E-state index in [4.69, 9.17) is 4.42 Å². The van der Waals surface area contributed by atoms with Gasteiger partial charge in [-0.2, -0.15) is 0 Å². The molecule has 1 fully saturated rings. The first-order valence-corrected chi connectivity index (χ1v) is 10.2. The minimum atomic E-state index is -0.451. The van der Waals surface area contributed by atoms with Crippen LogP contribution in [0.3, 0.4) is 0 Å². The van der Waals surface area contributed by atoms with Crippen LogP contribution >= 0.6 is 11.3 Å². The molecule has 1 aliphatic rings. The van der Waals surface area contributed by atoms with E-state index in [1.165, 1.54) is 0 Å². The van der Waals surface area contributed by atoms with E-state index in [0.29, 0.717) is 11.6 Å². The number of thiophene rings is 1. The van der Waals surface area contributed by atoms with Crippen molar-refractivity contribution in [3.8, 4) is 11.5 Å². The maximum atomic E-state index is 12.7. The summed E-state index contributed by atoms with van der Waals surface area (Å²) in [6, 6.07) is 9.88. The van der Waals surface area contributed by atoms with Crippen LogP contribution in [0.15, 0.2) is 52.5 Å². The lowest BCUT2D eigenvalue weighted by molar-refractivity contribution is 0.0991. The topological polar surface area (TPSA) is 96.2 Å². The Hall–Kier alpha value is -3.30. The highest BCUT2D eigenvalue weighted by Gasteiger charge is 2.21. The molecule has 0 atom stereocenters. The Kier molecular flexibility index (Phi) is 4.66. The summed E-state index contributed by atoms with van der Waals surface area (Å²) in [6.45, 7) is 3.53. The fourth-order valence-corrected chi connectivity index (χ4v) is 4.34. The third kappa shape index (κ3) is 3.45. The van der Waals surface area contributed by atoms with Gasteiger partial charge in [-0.05, 0) is 12.1 Å². The van der Waals surface area contributed by atoms with E-state index in [9.17, 15) is 4.79 Å². The number of nitrogens with one attached hydrogen (secondary N) is 2. The second-order valence-electron chi connectivity index (χ2n) is 6.64. The Morgan fingerprint density at radius 1 is 1.17 bits per heavy atom. The number of aromatic nitrogens is 3. The van der Waals surface area contributed by atoms with Crippen molar-refractivity contribution in [3.63, 3.8) is 0 Å². The van der Waals surface area contributed by atoms with Crippen LogP contribution in [-0.2, 0) is 0 Å². The fourth-order valence-electron chi connectivity index (χ4n) is 3.41. The van der Waals surface area contributed by atoms with Crippen molar-refractivity contribution < 1.29 is 9.21 Å². The van der Waals surface area contributed by atoms with Gasteiger partial charge in [0.1, 0.15) is 0 Å². The van der Waals surface area contributed by atoms with Gasteiger partial charge in [0.2, 0.25) is 5.89 Å². The van der Waals surface area contributed by atoms with Crippen LogP contribution in [0.25, 0.3) is 21.5 Å². The van der Waals surface area contributed by atoms with Gasteiger partial charge >= 0.3 is 11.8 Å². The van der Waals surface area contributed by atoms with Crippen LogP contribution in [0.1, 0.15) is 10.7 Å². The van der Waals surface area contributed by atoms with Crippen molar-refractivity contribution in [2.45, 2.75) is 0 Å². The van der Waals surface area contributed by atoms with Crippen molar-refractivity contribution in [1.82, 2.24) is 20.5 Å². The molecule has 8 nitrogen and oxygen atoms in total. The van der Waals surface area contributed by atoms with Crippen LogP contribution in [0.4, 0.5) is 11.4 Å². The van der Waals surface area contributed by atoms with Crippen LogP contribution in [0.5, 0.6) is 0 Å². The second kappa shape index (κ2) is 7.61. The van der Waals surface area contributed by atoms with Crippen molar-refractivity contribution in [2.75, 3.05) is 36.4 Å². The molecule has 0 unspecified atom stereocenters. The molecule has 0 saturated carbocycles. The van der Waals surface area contributed by atoms with Crippen LogP contribution < -0.4 is 15.5 Å². The number of piperazine rings is 1. The molecule has 3 aromatic heterocycles. The quantitative estimate of drug-likeness (QED) is 0.538. The number of amides is 1. The first-order valence-electron chi connectivity index (χ1n) is 9.31. The molecule has 0 radical (unpaired) electrons. The zero-order valence-electron chi connectivity index (χ0n) is 15.5. The molecule has 9 heteroatoms. The Balaban J connectivity index is 1.39. The minimum absolute atomic E-state index is 0.0783. The molecule has 1 amide bonds. The lowest BCUT2D eigenvalue weighted by Gasteiger charge is -2.30. The van der Waals surface area contributed by atoms with Crippen molar-refractivity contribution in [1.29, 1.82) is 0 Å². The first kappa shape index (κ1) is 17.8. The van der Waals surface area contributed by atoms with Gasteiger partial charge in [0.05, 0.1) is 23.1 Å². The molecule has 0 aliphatic carbocycles. The predicted molar refractivity (Wildman–Crippen MR) is 112 cm³/mol. The van der Waals surface area contributed by atoms with Gasteiger partial charge in [0.25, 0.3) is 0 Å². The van der Waals surface area contributed by atoms with Gasteiger partial charge in [-0.25, -0.2) is 0 Å². The molecule has 2 N–H and O–H groups in total. The highest BCUT2D eigenvalue weighted by atomic mass is 32.1. The molecule has 29 heavy (non-hydrogen) atoms. The van der Waals surface area contributed by atoms with E-state index in [-0.39, 0.29) is 5.89 Å². The van der Waals surface area contributed by atoms with E-state index < -0.39 is 5.91 Å². The number of anilines is 2. The van der Waals surface area contributed by atoms with Gasteiger partial charge < -0.3 is 20.0 Å². The summed E-state index contributed by atoms with van der Waals surface area (Å²) < 4.78 is 6.81. The number of carbonyl (C=O) groups is 1. The van der Waals surface area contributed by atoms with Gasteiger partial charge in [-0.3, -0.25) is 9.78 Å². The van der Waals surface area contributed by atoms with Crippen molar-refractivity contribution in [3.05, 3.63) is 54.0 Å². The average molecular weight is 406 g/mol. The molecule has 1 saturated heterocycles. The van der Waals surface area contributed by atoms with Crippen molar-refractivity contribution in [2.24, 2.45) is 0 Å². The molecule has 4 aromatic rings. The number of fused-ring (bicyclic) bond motifs is 1. The third-order valence-electron chi connectivity index (χ3n) is 4.83. The summed E-state index contributed by atoms with van der Waals surface area (Å²) in [5.41, 5.74) is 2.39. The largest absolute Gasteiger partial charge is 0.412 e. The van der Waals surface area contributed by atoms with Crippen LogP contribution in [0.2, 0.25) is 0 Å². The summed E-state index contributed by atoms with van der Waals surface area (Å²) in [6.07, 6.45) is 3.36. The van der Waals surface area contributed by atoms with Gasteiger partial charge in [0.15, 0.2) is 0 Å². The van der Waals surface area contributed by atoms with Gasteiger partial charge in [0, 0.05) is 47.8 Å². The third-order valence-corrected chi connectivity index (χ3v) is 5.80. The highest BCUT2D eigenvalue weighted by Crippen LogP contribution is 2.33. The molecule has 1 aliphatic heterocycles. The predicted octanol–water partition coefficient (Wildman–Crippen LogP) is 3.01. The smallest absolute Gasteiger partial charge is 0.313 e. The number of hydrogen-bond acceptors (Lipinski definition) is 8. The van der Waals surface area contributed by atoms with E-state index in [1.807, 2.05) is 35.7 Å². The summed E-state index contributed by atoms with van der Waals surface area (Å²) in [5.74, 6) is -0.195. The Labute approximate surface area is 170 Å². The number of rotatable bonds is 4. The highest BCUT2D eigenvalue weighted by molar-refractivity contribution is 7.17. The Bertz CT molecular complexity index is 1160. The lowest BCUT2D eigenvalue weighted by atomic mass is 10.2. The fraction of sp³-hybridized carbons (Fsp3) is 0.200. The lowest BCUT2D eigenvalue weighted by Crippen LogP contribution is -2.43. The maximum Gasteiger partial charge on any atom is 0.313 e. The molecule has 5 rings (SSSR count). The summed E-state index contributed by atoms with van der Waals surface area (Å²) >= 11 is 1.60. The van der Waals surface area contributed by atoms with Crippen LogP contribution in [-0.4, -0.2) is 47.3 Å². The average Bonchev–Trinajstić information content (AvgIpc) is 3.42. The number of nitrogens with zero attached hydrogens (tertiary/aromatic N) is 4. The maximum absolute atomic E-state index is 12.7. The second-order valence-corrected chi connectivity index (χ2v) is 7.55. The normalized spacial score (nSPS) is 14.3. The number of benzene rings is 1. The Morgan fingerprint density at radius 2 is 2.03 bits per heavy atom. The van der Waals surface area contributed by atoms with E-state index in [1.54, 1.807) is 23.7 Å². The monoisotopic (exact) mass is 406 g/mol. The zero-order chi connectivity index (χ0) is 19.6. The molecule has 0 spiro atoms. The van der Waals surface area contributed by atoms with E-state index in [2.05, 4.69) is 30.7 Å². The number of pyridine rings is 1.